The maximum absolute atomic E-state index is 11.5. The van der Waals surface area contributed by atoms with E-state index in [0.717, 1.165) is 22.4 Å². The van der Waals surface area contributed by atoms with E-state index in [0.29, 0.717) is 5.56 Å². The van der Waals surface area contributed by atoms with Crippen LogP contribution in [0.5, 0.6) is 0 Å². The number of pyridine rings is 1. The minimum atomic E-state index is -0.160. The standard InChI is InChI=1S/C16H14N4O/c1-10(2)20-14-4-3-11(9-17)7-13(14)19-16(20)12-5-6-18-15(21)8-12/h3-8,10H,1-2H3,(H,18,21). The summed E-state index contributed by atoms with van der Waals surface area (Å²) in [6, 6.07) is 11.1. The minimum Gasteiger partial charge on any atom is -0.329 e. The number of hydrogen-bond donors (Lipinski definition) is 1. The highest BCUT2D eigenvalue weighted by Gasteiger charge is 2.15. The number of aromatic amines is 1. The predicted octanol–water partition coefficient (Wildman–Crippen LogP) is 2.84. The number of H-pyrrole nitrogens is 1. The number of imidazole rings is 1. The van der Waals surface area contributed by atoms with Crippen LogP contribution in [0, 0.1) is 11.3 Å². The molecule has 2 aromatic heterocycles. The third-order valence-corrected chi connectivity index (χ3v) is 3.37. The number of benzene rings is 1. The van der Waals surface area contributed by atoms with Crippen molar-refractivity contribution in [3.63, 3.8) is 0 Å². The van der Waals surface area contributed by atoms with E-state index in [1.807, 2.05) is 12.1 Å². The first-order chi connectivity index (χ1) is 10.1. The van der Waals surface area contributed by atoms with E-state index in [1.165, 1.54) is 6.07 Å². The molecule has 2 heterocycles. The molecule has 0 aliphatic carbocycles. The highest BCUT2D eigenvalue weighted by atomic mass is 16.1. The number of aromatic nitrogens is 3. The van der Waals surface area contributed by atoms with E-state index in [1.54, 1.807) is 18.3 Å². The van der Waals surface area contributed by atoms with Crippen molar-refractivity contribution >= 4 is 11.0 Å². The van der Waals surface area contributed by atoms with Gasteiger partial charge in [0.25, 0.3) is 0 Å². The number of fused-ring (bicyclic) bond motifs is 1. The van der Waals surface area contributed by atoms with Gasteiger partial charge >= 0.3 is 0 Å². The normalized spacial score (nSPS) is 11.0. The zero-order valence-corrected chi connectivity index (χ0v) is 11.8. The molecule has 3 aromatic rings. The van der Waals surface area contributed by atoms with E-state index >= 15 is 0 Å². The molecule has 0 unspecified atom stereocenters. The van der Waals surface area contributed by atoms with E-state index in [9.17, 15) is 4.79 Å². The van der Waals surface area contributed by atoms with Gasteiger partial charge in [0.1, 0.15) is 5.82 Å². The topological polar surface area (TPSA) is 74.5 Å². The molecule has 0 aliphatic heterocycles. The second-order valence-electron chi connectivity index (χ2n) is 5.16. The fraction of sp³-hybridized carbons (Fsp3) is 0.188. The molecule has 5 nitrogen and oxygen atoms in total. The zero-order valence-electron chi connectivity index (χ0n) is 11.8. The summed E-state index contributed by atoms with van der Waals surface area (Å²) >= 11 is 0. The second kappa shape index (κ2) is 4.91. The summed E-state index contributed by atoms with van der Waals surface area (Å²) in [6.45, 7) is 4.13. The Labute approximate surface area is 121 Å². The fourth-order valence-electron chi connectivity index (χ4n) is 2.48. The number of nitriles is 1. The number of rotatable bonds is 2. The van der Waals surface area contributed by atoms with Gasteiger partial charge in [-0.05, 0) is 38.1 Å². The molecule has 0 spiro atoms. The highest BCUT2D eigenvalue weighted by Crippen LogP contribution is 2.28. The number of nitrogens with zero attached hydrogens (tertiary/aromatic N) is 3. The second-order valence-corrected chi connectivity index (χ2v) is 5.16. The van der Waals surface area contributed by atoms with Gasteiger partial charge < -0.3 is 9.55 Å². The molecule has 0 radical (unpaired) electrons. The highest BCUT2D eigenvalue weighted by molar-refractivity contribution is 5.82. The van der Waals surface area contributed by atoms with Gasteiger partial charge in [-0.15, -0.1) is 0 Å². The van der Waals surface area contributed by atoms with Crippen molar-refractivity contribution in [1.82, 2.24) is 14.5 Å². The zero-order chi connectivity index (χ0) is 15.0. The lowest BCUT2D eigenvalue weighted by Crippen LogP contribution is -2.07. The van der Waals surface area contributed by atoms with Crippen molar-refractivity contribution in [2.24, 2.45) is 0 Å². The third kappa shape index (κ3) is 2.21. The van der Waals surface area contributed by atoms with Crippen LogP contribution in [0.1, 0.15) is 25.5 Å². The van der Waals surface area contributed by atoms with Crippen molar-refractivity contribution in [2.75, 3.05) is 0 Å². The molecule has 104 valence electrons. The maximum Gasteiger partial charge on any atom is 0.248 e. The van der Waals surface area contributed by atoms with Crippen LogP contribution < -0.4 is 5.56 Å². The molecule has 0 fully saturated rings. The van der Waals surface area contributed by atoms with E-state index < -0.39 is 0 Å². The van der Waals surface area contributed by atoms with Crippen LogP contribution in [0.3, 0.4) is 0 Å². The predicted molar refractivity (Wildman–Crippen MR) is 80.9 cm³/mol. The van der Waals surface area contributed by atoms with Crippen molar-refractivity contribution in [1.29, 1.82) is 5.26 Å². The quantitative estimate of drug-likeness (QED) is 0.783. The van der Waals surface area contributed by atoms with E-state index in [2.05, 4.69) is 34.5 Å². The van der Waals surface area contributed by atoms with Crippen molar-refractivity contribution in [3.05, 3.63) is 52.4 Å². The summed E-state index contributed by atoms with van der Waals surface area (Å²) in [4.78, 5) is 18.7. The Kier molecular flexibility index (Phi) is 3.07. The molecule has 0 bridgehead atoms. The largest absolute Gasteiger partial charge is 0.329 e. The van der Waals surface area contributed by atoms with Crippen LogP contribution in [0.4, 0.5) is 0 Å². The Morgan fingerprint density at radius 1 is 1.29 bits per heavy atom. The van der Waals surface area contributed by atoms with Gasteiger partial charge in [0.15, 0.2) is 0 Å². The molecule has 3 rings (SSSR count). The van der Waals surface area contributed by atoms with Gasteiger partial charge in [-0.3, -0.25) is 4.79 Å². The molecule has 5 heteroatoms. The maximum atomic E-state index is 11.5. The summed E-state index contributed by atoms with van der Waals surface area (Å²) in [7, 11) is 0. The van der Waals surface area contributed by atoms with Crippen LogP contribution in [0.2, 0.25) is 0 Å². The van der Waals surface area contributed by atoms with Crippen LogP contribution in [-0.4, -0.2) is 14.5 Å². The molecule has 1 N–H and O–H groups in total. The average molecular weight is 278 g/mol. The summed E-state index contributed by atoms with van der Waals surface area (Å²) in [5, 5.41) is 9.01. The lowest BCUT2D eigenvalue weighted by Gasteiger charge is -2.12. The summed E-state index contributed by atoms with van der Waals surface area (Å²) < 4.78 is 2.07. The molecule has 0 aliphatic rings. The lowest BCUT2D eigenvalue weighted by molar-refractivity contribution is 0.624. The lowest BCUT2D eigenvalue weighted by atomic mass is 10.2. The fourth-order valence-corrected chi connectivity index (χ4v) is 2.48. The van der Waals surface area contributed by atoms with Crippen LogP contribution in [-0.2, 0) is 0 Å². The molecule has 1 aromatic carbocycles. The molecular weight excluding hydrogens is 264 g/mol. The Bertz CT molecular complexity index is 912. The van der Waals surface area contributed by atoms with E-state index in [4.69, 9.17) is 5.26 Å². The van der Waals surface area contributed by atoms with Crippen molar-refractivity contribution < 1.29 is 0 Å². The summed E-state index contributed by atoms with van der Waals surface area (Å²) in [6.07, 6.45) is 1.61. The van der Waals surface area contributed by atoms with Gasteiger partial charge in [-0.1, -0.05) is 0 Å². The Hall–Kier alpha value is -2.87. The average Bonchev–Trinajstić information content (AvgIpc) is 2.85. The Morgan fingerprint density at radius 3 is 2.76 bits per heavy atom. The van der Waals surface area contributed by atoms with Crippen LogP contribution in [0.25, 0.3) is 22.4 Å². The minimum absolute atomic E-state index is 0.160. The van der Waals surface area contributed by atoms with Crippen molar-refractivity contribution in [2.45, 2.75) is 19.9 Å². The van der Waals surface area contributed by atoms with Crippen LogP contribution in [0.15, 0.2) is 41.3 Å². The van der Waals surface area contributed by atoms with E-state index in [-0.39, 0.29) is 11.6 Å². The first kappa shape index (κ1) is 13.1. The van der Waals surface area contributed by atoms with Crippen LogP contribution >= 0.6 is 0 Å². The number of nitrogens with one attached hydrogen (secondary N) is 1. The number of hydrogen-bond acceptors (Lipinski definition) is 3. The molecule has 0 saturated heterocycles. The van der Waals surface area contributed by atoms with Gasteiger partial charge in [0.05, 0.1) is 22.7 Å². The van der Waals surface area contributed by atoms with Gasteiger partial charge in [0, 0.05) is 23.9 Å². The molecular formula is C16H14N4O. The molecule has 0 atom stereocenters. The smallest absolute Gasteiger partial charge is 0.248 e. The van der Waals surface area contributed by atoms with Crippen molar-refractivity contribution in [3.8, 4) is 17.5 Å². The first-order valence-electron chi connectivity index (χ1n) is 6.71. The monoisotopic (exact) mass is 278 g/mol. The SMILES string of the molecule is CC(C)n1c(-c2cc[nH]c(=O)c2)nc2cc(C#N)ccc21. The molecule has 21 heavy (non-hydrogen) atoms. The third-order valence-electron chi connectivity index (χ3n) is 3.37. The Morgan fingerprint density at radius 2 is 2.10 bits per heavy atom. The molecule has 0 saturated carbocycles. The van der Waals surface area contributed by atoms with Gasteiger partial charge in [-0.25, -0.2) is 4.98 Å². The summed E-state index contributed by atoms with van der Waals surface area (Å²) in [5.74, 6) is 0.737. The van der Waals surface area contributed by atoms with Gasteiger partial charge in [0.2, 0.25) is 5.56 Å². The van der Waals surface area contributed by atoms with Gasteiger partial charge in [-0.2, -0.15) is 5.26 Å². The Balaban J connectivity index is 2.34. The summed E-state index contributed by atoms with van der Waals surface area (Å²) in [5.41, 5.74) is 2.90. The molecule has 0 amide bonds. The first-order valence-corrected chi connectivity index (χ1v) is 6.71.